The normalized spacial score (nSPS) is 10.4. The van der Waals surface area contributed by atoms with Gasteiger partial charge in [-0.25, -0.2) is 4.79 Å². The molecule has 4 rings (SSSR count). The van der Waals surface area contributed by atoms with Crippen LogP contribution in [-0.2, 0) is 0 Å². The van der Waals surface area contributed by atoms with Crippen LogP contribution in [0.15, 0.2) is 103 Å². The average Bonchev–Trinajstić information content (AvgIpc) is 2.87. The van der Waals surface area contributed by atoms with Crippen LogP contribution in [0.2, 0.25) is 0 Å². The zero-order chi connectivity index (χ0) is 29.6. The van der Waals surface area contributed by atoms with Crippen LogP contribution in [0.4, 0.5) is 0 Å². The van der Waals surface area contributed by atoms with Crippen molar-refractivity contribution in [3.05, 3.63) is 113 Å². The minimum Gasteiger partial charge on any atom is -0.508 e. The maximum Gasteiger partial charge on any atom is 0.335 e. The van der Waals surface area contributed by atoms with Crippen molar-refractivity contribution in [3.8, 4) is 22.6 Å². The number of aromatic hydroxyl groups is 2. The number of nitrogens with zero attached hydrogens (tertiary/aromatic N) is 1. The first-order valence-electron chi connectivity index (χ1n) is 11.1. The molecule has 1 aromatic heterocycles. The summed E-state index contributed by atoms with van der Waals surface area (Å²) in [5.74, 6) is -0.585. The monoisotopic (exact) mass is 611 g/mol. The van der Waals surface area contributed by atoms with Crippen molar-refractivity contribution in [2.45, 2.75) is 23.2 Å². The quantitative estimate of drug-likeness (QED) is 0.0891. The summed E-state index contributed by atoms with van der Waals surface area (Å²) in [5.41, 5.74) is 0.832. The van der Waals surface area contributed by atoms with Gasteiger partial charge in [-0.05, 0) is 61.9 Å². The molecule has 0 atom stereocenters. The third kappa shape index (κ3) is 12.9. The van der Waals surface area contributed by atoms with Crippen LogP contribution in [0.5, 0.6) is 11.5 Å². The molecule has 4 aromatic rings. The van der Waals surface area contributed by atoms with Crippen molar-refractivity contribution in [2.24, 2.45) is 0 Å². The largest absolute Gasteiger partial charge is 0.508 e. The number of halogens is 3. The number of para-hydroxylation sites is 1. The van der Waals surface area contributed by atoms with E-state index in [0.717, 1.165) is 15.9 Å². The first kappa shape index (κ1) is 33.8. The van der Waals surface area contributed by atoms with Crippen LogP contribution in [0, 0.1) is 4.64 Å². The number of carboxylic acid groups (broad SMARTS) is 1. The summed E-state index contributed by atoms with van der Waals surface area (Å²) in [6.45, 7) is 2.86. The van der Waals surface area contributed by atoms with Crippen LogP contribution in [-0.4, -0.2) is 45.7 Å². The Hall–Kier alpha value is -3.27. The molecule has 0 radical (unpaired) electrons. The summed E-state index contributed by atoms with van der Waals surface area (Å²) < 4.78 is -0.269. The predicted molar refractivity (Wildman–Crippen MR) is 158 cm³/mol. The third-order valence-electron chi connectivity index (χ3n) is 4.60. The Morgan fingerprint density at radius 3 is 1.69 bits per heavy atom. The Kier molecular flexibility index (Phi) is 13.8. The maximum atomic E-state index is 10.2. The zero-order valence-corrected chi connectivity index (χ0v) is 24.0. The van der Waals surface area contributed by atoms with Gasteiger partial charge in [0.15, 0.2) is 0 Å². The van der Waals surface area contributed by atoms with Crippen LogP contribution < -0.4 is 0 Å². The molecule has 208 valence electrons. The van der Waals surface area contributed by atoms with E-state index in [4.69, 9.17) is 55.3 Å². The van der Waals surface area contributed by atoms with Gasteiger partial charge in [0.2, 0.25) is 3.79 Å². The first-order chi connectivity index (χ1) is 18.1. The van der Waals surface area contributed by atoms with Gasteiger partial charge in [-0.2, -0.15) is 4.73 Å². The fourth-order valence-corrected chi connectivity index (χ4v) is 2.50. The van der Waals surface area contributed by atoms with E-state index in [2.05, 4.69) is 12.2 Å². The summed E-state index contributed by atoms with van der Waals surface area (Å²) >= 11 is 20.5. The Morgan fingerprint density at radius 2 is 1.28 bits per heavy atom. The lowest BCUT2D eigenvalue weighted by Crippen LogP contribution is -2.35. The van der Waals surface area contributed by atoms with Gasteiger partial charge in [-0.3, -0.25) is 0 Å². The summed E-state index contributed by atoms with van der Waals surface area (Å²) in [6.07, 6.45) is 1.49. The maximum absolute atomic E-state index is 10.2. The minimum absolute atomic E-state index is 0.0741. The van der Waals surface area contributed by atoms with E-state index in [1.165, 1.54) is 44.3 Å². The number of phenols is 2. The molecule has 0 unspecified atom stereocenters. The first-order valence-corrected chi connectivity index (χ1v) is 12.7. The van der Waals surface area contributed by atoms with E-state index in [0.29, 0.717) is 10.4 Å². The van der Waals surface area contributed by atoms with Crippen LogP contribution in [0.3, 0.4) is 0 Å². The molecule has 0 amide bonds. The summed E-state index contributed by atoms with van der Waals surface area (Å²) in [7, 11) is 0. The van der Waals surface area contributed by atoms with Crippen LogP contribution in [0.25, 0.3) is 11.1 Å². The van der Waals surface area contributed by atoms with Crippen LogP contribution >= 0.6 is 47.0 Å². The lowest BCUT2D eigenvalue weighted by Gasteiger charge is -2.25. The van der Waals surface area contributed by atoms with E-state index >= 15 is 0 Å². The highest BCUT2D eigenvalue weighted by Gasteiger charge is 2.38. The summed E-state index contributed by atoms with van der Waals surface area (Å²) in [4.78, 5) is 10.2. The highest BCUT2D eigenvalue weighted by Crippen LogP contribution is 2.37. The number of alkyl halides is 3. The number of benzene rings is 3. The van der Waals surface area contributed by atoms with Crippen molar-refractivity contribution in [1.29, 1.82) is 0 Å². The van der Waals surface area contributed by atoms with Crippen molar-refractivity contribution in [2.75, 3.05) is 0 Å². The second kappa shape index (κ2) is 16.0. The topological polar surface area (TPSA) is 123 Å². The van der Waals surface area contributed by atoms with Crippen molar-refractivity contribution < 1.29 is 30.4 Å². The van der Waals surface area contributed by atoms with Gasteiger partial charge < -0.3 is 25.6 Å². The molecule has 0 spiro atoms. The molecule has 39 heavy (non-hydrogen) atoms. The van der Waals surface area contributed by atoms with Crippen molar-refractivity contribution in [3.63, 3.8) is 0 Å². The Morgan fingerprint density at radius 1 is 0.795 bits per heavy atom. The SMILES string of the molecule is CC(C)(O)C(Cl)(Cl)Cl.O=C(O)c1ccc(O)cc1.Oc1ccccc1-c1ccccc1.On1ccccc1=S. The molecule has 0 saturated carbocycles. The van der Waals surface area contributed by atoms with Gasteiger partial charge in [0.1, 0.15) is 21.7 Å². The molecular formula is C28H28Cl3NO6S. The molecular weight excluding hydrogens is 585 g/mol. The lowest BCUT2D eigenvalue weighted by atomic mass is 10.1. The number of pyridine rings is 1. The number of phenolic OH excluding ortho intramolecular Hbond substituents is 2. The molecule has 0 aliphatic carbocycles. The highest BCUT2D eigenvalue weighted by molar-refractivity contribution is 7.71. The molecule has 5 N–H and O–H groups in total. The molecule has 0 aliphatic heterocycles. The fraction of sp³-hybridized carbons (Fsp3) is 0.143. The minimum atomic E-state index is -1.59. The number of carboxylic acids is 1. The Balaban J connectivity index is 0.000000267. The van der Waals surface area contributed by atoms with Gasteiger partial charge in [-0.1, -0.05) is 102 Å². The standard InChI is InChI=1S/C12H10O.C7H6O3.C5H5NOS.C4H7Cl3O/c13-12-9-5-4-8-11(12)10-6-2-1-3-7-10;8-6-3-1-5(2-4-6)7(9)10;7-6-4-2-1-3-5(6)8;1-3(2,8)4(5,6)7/h1-9,13H;1-4,8H,(H,9,10);1-4,7H;8H,1-2H3. The molecule has 0 fully saturated rings. The molecule has 0 saturated heterocycles. The van der Waals surface area contributed by atoms with Crippen LogP contribution in [0.1, 0.15) is 24.2 Å². The molecule has 0 aliphatic rings. The van der Waals surface area contributed by atoms with E-state index < -0.39 is 15.4 Å². The number of hydrogen-bond donors (Lipinski definition) is 5. The second-order valence-corrected chi connectivity index (χ2v) is 10.9. The van der Waals surface area contributed by atoms with Crippen molar-refractivity contribution >= 4 is 53.0 Å². The average molecular weight is 613 g/mol. The number of aliphatic hydroxyl groups is 1. The van der Waals surface area contributed by atoms with Gasteiger partial charge in [-0.15, -0.1) is 0 Å². The Labute approximate surface area is 246 Å². The summed E-state index contributed by atoms with van der Waals surface area (Å²) in [6, 6.07) is 27.7. The van der Waals surface area contributed by atoms with Gasteiger partial charge in [0.05, 0.1) is 5.56 Å². The Bertz CT molecular complexity index is 1340. The number of aromatic nitrogens is 1. The van der Waals surface area contributed by atoms with E-state index in [1.54, 1.807) is 24.3 Å². The predicted octanol–water partition coefficient (Wildman–Crippen LogP) is 7.73. The van der Waals surface area contributed by atoms with Gasteiger partial charge >= 0.3 is 5.97 Å². The molecule has 11 heteroatoms. The van der Waals surface area contributed by atoms with E-state index in [1.807, 2.05) is 48.5 Å². The van der Waals surface area contributed by atoms with Gasteiger partial charge in [0, 0.05) is 11.8 Å². The molecule has 7 nitrogen and oxygen atoms in total. The highest BCUT2D eigenvalue weighted by atomic mass is 35.6. The molecule has 0 bridgehead atoms. The second-order valence-electron chi connectivity index (χ2n) is 8.18. The zero-order valence-electron chi connectivity index (χ0n) is 20.9. The number of aromatic carboxylic acids is 1. The lowest BCUT2D eigenvalue weighted by molar-refractivity contribution is 0.0696. The number of carbonyl (C=O) groups is 1. The van der Waals surface area contributed by atoms with Crippen molar-refractivity contribution in [1.82, 2.24) is 4.73 Å². The summed E-state index contributed by atoms with van der Waals surface area (Å²) in [5, 5.41) is 44.4. The molecule has 1 heterocycles. The number of hydrogen-bond acceptors (Lipinski definition) is 6. The van der Waals surface area contributed by atoms with Gasteiger partial charge in [0.25, 0.3) is 0 Å². The van der Waals surface area contributed by atoms with E-state index in [-0.39, 0.29) is 11.3 Å². The smallest absolute Gasteiger partial charge is 0.335 e. The molecule has 3 aromatic carbocycles. The fourth-order valence-electron chi connectivity index (χ4n) is 2.36. The van der Waals surface area contributed by atoms with E-state index in [9.17, 15) is 9.90 Å². The third-order valence-corrected chi connectivity index (χ3v) is 6.31. The number of rotatable bonds is 2.